The molecule has 2 amide bonds. The van der Waals surface area contributed by atoms with E-state index in [0.717, 1.165) is 22.5 Å². The van der Waals surface area contributed by atoms with Crippen LogP contribution in [0.1, 0.15) is 29.0 Å². The number of amides is 2. The van der Waals surface area contributed by atoms with Gasteiger partial charge < -0.3 is 15.8 Å². The molecule has 3 unspecified atom stereocenters. The molecule has 2 aliphatic heterocycles. The monoisotopic (exact) mass is 561 g/mol. The molecule has 3 N–H and O–H groups in total. The van der Waals surface area contributed by atoms with Crippen molar-refractivity contribution in [2.75, 3.05) is 11.5 Å². The normalized spacial score (nSPS) is 19.1. The lowest BCUT2D eigenvalue weighted by Gasteiger charge is -2.49. The van der Waals surface area contributed by atoms with Crippen LogP contribution in [-0.4, -0.2) is 44.8 Å². The summed E-state index contributed by atoms with van der Waals surface area (Å²) in [6.45, 7) is 3.81. The quantitative estimate of drug-likeness (QED) is 0.229. The molecule has 198 valence electrons. The molecule has 12 heteroatoms. The van der Waals surface area contributed by atoms with Gasteiger partial charge in [0.15, 0.2) is 11.2 Å². The van der Waals surface area contributed by atoms with E-state index in [1.54, 1.807) is 0 Å². The van der Waals surface area contributed by atoms with Crippen LogP contribution in [0, 0.1) is 4.91 Å². The van der Waals surface area contributed by atoms with Gasteiger partial charge in [0.05, 0.1) is 5.69 Å². The minimum Gasteiger partial charge on any atom is -0.448 e. The molecule has 3 heterocycles. The van der Waals surface area contributed by atoms with Gasteiger partial charge in [-0.3, -0.25) is 14.5 Å². The number of thioether (sulfide) groups is 1. The van der Waals surface area contributed by atoms with Crippen LogP contribution in [-0.2, 0) is 19.1 Å². The van der Waals surface area contributed by atoms with Gasteiger partial charge in [0.1, 0.15) is 17.1 Å². The second-order valence-electron chi connectivity index (χ2n) is 8.70. The van der Waals surface area contributed by atoms with Gasteiger partial charge in [-0.1, -0.05) is 73.3 Å². The zero-order valence-corrected chi connectivity index (χ0v) is 22.1. The molecule has 5 rings (SSSR count). The third-order valence-electron chi connectivity index (χ3n) is 6.34. The molecule has 39 heavy (non-hydrogen) atoms. The molecule has 3 atom stereocenters. The highest BCUT2D eigenvalue weighted by Crippen LogP contribution is 2.42. The van der Waals surface area contributed by atoms with Crippen LogP contribution in [0.5, 0.6) is 0 Å². The van der Waals surface area contributed by atoms with E-state index in [-0.39, 0.29) is 16.5 Å². The molecule has 10 nitrogen and oxygen atoms in total. The van der Waals surface area contributed by atoms with Crippen LogP contribution < -0.4 is 11.1 Å². The first-order valence-electron chi connectivity index (χ1n) is 11.9. The van der Waals surface area contributed by atoms with Crippen molar-refractivity contribution in [2.45, 2.75) is 23.6 Å². The van der Waals surface area contributed by atoms with E-state index in [0.29, 0.717) is 11.3 Å². The molecule has 0 saturated carbocycles. The Bertz CT molecular complexity index is 1420. The van der Waals surface area contributed by atoms with E-state index >= 15 is 0 Å². The van der Waals surface area contributed by atoms with Crippen molar-refractivity contribution in [3.63, 3.8) is 0 Å². The number of thiazole rings is 1. The number of nitrogens with one attached hydrogen (secondary N) is 1. The van der Waals surface area contributed by atoms with Gasteiger partial charge in [0.2, 0.25) is 6.04 Å². The third kappa shape index (κ3) is 5.08. The van der Waals surface area contributed by atoms with Crippen molar-refractivity contribution in [3.8, 4) is 0 Å². The lowest BCUT2D eigenvalue weighted by Crippen LogP contribution is -2.70. The molecule has 2 aliphatic rings. The maximum atomic E-state index is 13.6. The lowest BCUT2D eigenvalue weighted by atomic mass is 10.0. The molecule has 1 aromatic heterocycles. The Balaban J connectivity index is 1.37. The van der Waals surface area contributed by atoms with Crippen molar-refractivity contribution >= 4 is 46.0 Å². The summed E-state index contributed by atoms with van der Waals surface area (Å²) in [5.74, 6) is -1.60. The lowest BCUT2D eigenvalue weighted by molar-refractivity contribution is -0.154. The van der Waals surface area contributed by atoms with Crippen LogP contribution in [0.4, 0.5) is 5.13 Å². The number of nitrogens with zero attached hydrogens (tertiary/aromatic N) is 3. The Morgan fingerprint density at radius 3 is 2.33 bits per heavy atom. The number of hydrogen-bond acceptors (Lipinski definition) is 10. The molecule has 0 aliphatic carbocycles. The van der Waals surface area contributed by atoms with Gasteiger partial charge >= 0.3 is 5.97 Å². The molecule has 1 saturated heterocycles. The molecule has 0 spiro atoms. The second kappa shape index (κ2) is 11.2. The van der Waals surface area contributed by atoms with Crippen LogP contribution >= 0.6 is 23.1 Å². The number of esters is 1. The van der Waals surface area contributed by atoms with E-state index in [9.17, 15) is 19.3 Å². The highest BCUT2D eigenvalue weighted by atomic mass is 32.2. The van der Waals surface area contributed by atoms with Gasteiger partial charge in [-0.25, -0.2) is 9.78 Å². The Morgan fingerprint density at radius 2 is 1.79 bits per heavy atom. The van der Waals surface area contributed by atoms with E-state index in [4.69, 9.17) is 10.5 Å². The molecular weight excluding hydrogens is 538 g/mol. The fraction of sp³-hybridized carbons (Fsp3) is 0.185. The minimum atomic E-state index is -1.45. The second-order valence-corrected chi connectivity index (χ2v) is 10.7. The van der Waals surface area contributed by atoms with Crippen molar-refractivity contribution in [1.29, 1.82) is 0 Å². The molecule has 0 radical (unpaired) electrons. The van der Waals surface area contributed by atoms with Crippen LogP contribution in [0.25, 0.3) is 0 Å². The van der Waals surface area contributed by atoms with E-state index in [1.807, 2.05) is 60.7 Å². The fourth-order valence-corrected chi connectivity index (χ4v) is 6.35. The van der Waals surface area contributed by atoms with Gasteiger partial charge in [-0.2, -0.15) is 0 Å². The van der Waals surface area contributed by atoms with Crippen LogP contribution in [0.3, 0.4) is 0 Å². The zero-order chi connectivity index (χ0) is 27.5. The number of carbonyl (C=O) groups excluding carboxylic acids is 3. The van der Waals surface area contributed by atoms with Crippen LogP contribution in [0.15, 0.2) is 95.1 Å². The zero-order valence-electron chi connectivity index (χ0n) is 20.4. The van der Waals surface area contributed by atoms with Crippen molar-refractivity contribution < 1.29 is 19.1 Å². The Labute approximate surface area is 231 Å². The number of nitrogens with two attached hydrogens (primary N) is 1. The van der Waals surface area contributed by atoms with Gasteiger partial charge in [0, 0.05) is 11.1 Å². The first-order valence-corrected chi connectivity index (χ1v) is 13.8. The SMILES string of the molecule is C=CC1=C(C(=O)OC(c2ccccc2)c2ccccc2)N2C(=O)C(NC(=O)C(N=O)c3csc(N)n3)C2SC1. The summed E-state index contributed by atoms with van der Waals surface area (Å²) in [5, 5.41) is 6.54. The topological polar surface area (TPSA) is 144 Å². The largest absolute Gasteiger partial charge is 0.448 e. The summed E-state index contributed by atoms with van der Waals surface area (Å²) in [7, 11) is 0. The standard InChI is InChI=1S/C27H23N5O5S2/c1-2-15-13-38-25-20(30-23(33)19(31-36)18-14-39-27(28)29-18)24(34)32(25)21(15)26(35)37-22(16-9-5-3-6-10-16)17-11-7-4-8-12-17/h2-12,14,19-20,22,25H,1,13H2,(H2,28,29)(H,30,33). The summed E-state index contributed by atoms with van der Waals surface area (Å²) < 4.78 is 6.02. The summed E-state index contributed by atoms with van der Waals surface area (Å²) in [5.41, 5.74) is 7.89. The number of ether oxygens (including phenoxy) is 1. The molecule has 0 bridgehead atoms. The molecule has 1 fully saturated rings. The Hall–Kier alpha value is -4.29. The first kappa shape index (κ1) is 26.3. The molecule has 3 aromatic rings. The van der Waals surface area contributed by atoms with Gasteiger partial charge in [0.25, 0.3) is 11.8 Å². The predicted octanol–water partition coefficient (Wildman–Crippen LogP) is 3.71. The number of carbonyl (C=O) groups is 3. The number of hydrogen-bond donors (Lipinski definition) is 2. The smallest absolute Gasteiger partial charge is 0.356 e. The first-order chi connectivity index (χ1) is 18.9. The van der Waals surface area contributed by atoms with Crippen LogP contribution in [0.2, 0.25) is 0 Å². The maximum Gasteiger partial charge on any atom is 0.356 e. The minimum absolute atomic E-state index is 0.0819. The average molecular weight is 562 g/mol. The summed E-state index contributed by atoms with van der Waals surface area (Å²) in [4.78, 5) is 56.4. The Kier molecular flexibility index (Phi) is 7.57. The fourth-order valence-electron chi connectivity index (χ4n) is 4.43. The maximum absolute atomic E-state index is 13.6. The number of nitrogen functional groups attached to an aromatic ring is 1. The van der Waals surface area contributed by atoms with E-state index < -0.39 is 41.3 Å². The number of β-lactam (4-membered cyclic amide) rings is 1. The Morgan fingerprint density at radius 1 is 1.15 bits per heavy atom. The summed E-state index contributed by atoms with van der Waals surface area (Å²) in [6, 6.07) is 16.2. The van der Waals surface area contributed by atoms with Crippen molar-refractivity contribution in [3.05, 3.63) is 112 Å². The molecular formula is C27H23N5O5S2. The van der Waals surface area contributed by atoms with Crippen molar-refractivity contribution in [1.82, 2.24) is 15.2 Å². The number of fused-ring (bicyclic) bond motifs is 1. The highest BCUT2D eigenvalue weighted by Gasteiger charge is 2.55. The van der Waals surface area contributed by atoms with Gasteiger partial charge in [-0.15, -0.1) is 28.0 Å². The summed E-state index contributed by atoms with van der Waals surface area (Å²) in [6.07, 6.45) is 0.821. The van der Waals surface area contributed by atoms with E-state index in [1.165, 1.54) is 28.1 Å². The van der Waals surface area contributed by atoms with Crippen molar-refractivity contribution in [2.24, 2.45) is 5.18 Å². The third-order valence-corrected chi connectivity index (χ3v) is 8.33. The average Bonchev–Trinajstić information content (AvgIpc) is 3.40. The number of anilines is 1. The highest BCUT2D eigenvalue weighted by molar-refractivity contribution is 8.00. The summed E-state index contributed by atoms with van der Waals surface area (Å²) >= 11 is 2.43. The number of allylic oxidation sites excluding steroid dienone is 1. The number of rotatable bonds is 9. The number of nitroso groups, excluding NO2 is 1. The predicted molar refractivity (Wildman–Crippen MR) is 148 cm³/mol. The number of aromatic nitrogens is 1. The van der Waals surface area contributed by atoms with Gasteiger partial charge in [-0.05, 0) is 21.9 Å². The number of benzene rings is 2. The van der Waals surface area contributed by atoms with E-state index in [2.05, 4.69) is 22.1 Å². The molecule has 2 aromatic carbocycles.